The summed E-state index contributed by atoms with van der Waals surface area (Å²) in [6, 6.07) is 10.6. The lowest BCUT2D eigenvalue weighted by Crippen LogP contribution is -2.14. The van der Waals surface area contributed by atoms with Gasteiger partial charge in [0.2, 0.25) is 0 Å². The molecule has 0 heterocycles. The summed E-state index contributed by atoms with van der Waals surface area (Å²) in [5, 5.41) is 22.2. The highest BCUT2D eigenvalue weighted by atomic mass is 35.5. The van der Waals surface area contributed by atoms with Gasteiger partial charge in [0.15, 0.2) is 0 Å². The van der Waals surface area contributed by atoms with E-state index in [-0.39, 0.29) is 27.0 Å². The standard InChI is InChI=1S/C17H11Cl2N3O4/c1-26-13-4-2-10(3-5-13)6-11(9-20)17(23)21-16-14(18)7-12(22(24)25)8-15(16)19/h2-8H,1H3,(H,21,23)/b11-6+. The number of amides is 1. The van der Waals surface area contributed by atoms with Gasteiger partial charge in [0.1, 0.15) is 17.4 Å². The van der Waals surface area contributed by atoms with Crippen LogP contribution in [0.3, 0.4) is 0 Å². The van der Waals surface area contributed by atoms with Crippen LogP contribution in [-0.4, -0.2) is 17.9 Å². The number of ether oxygens (including phenoxy) is 1. The number of non-ortho nitro benzene ring substituents is 1. The summed E-state index contributed by atoms with van der Waals surface area (Å²) >= 11 is 11.9. The summed E-state index contributed by atoms with van der Waals surface area (Å²) in [6.45, 7) is 0. The van der Waals surface area contributed by atoms with Crippen LogP contribution in [0.4, 0.5) is 11.4 Å². The lowest BCUT2D eigenvalue weighted by Gasteiger charge is -2.09. The molecule has 0 spiro atoms. The second-order valence-corrected chi connectivity index (χ2v) is 5.75. The molecule has 0 aliphatic carbocycles. The number of rotatable bonds is 5. The third-order valence-corrected chi connectivity index (χ3v) is 3.86. The number of benzene rings is 2. The Morgan fingerprint density at radius 2 is 1.85 bits per heavy atom. The highest BCUT2D eigenvalue weighted by Crippen LogP contribution is 2.35. The Labute approximate surface area is 158 Å². The SMILES string of the molecule is COc1ccc(/C=C(\C#N)C(=O)Nc2c(Cl)cc([N+](=O)[O-])cc2Cl)cc1. The summed E-state index contributed by atoms with van der Waals surface area (Å²) in [5.74, 6) is -0.115. The number of nitriles is 1. The molecule has 1 N–H and O–H groups in total. The number of halogens is 2. The topological polar surface area (TPSA) is 105 Å². The highest BCUT2D eigenvalue weighted by Gasteiger charge is 2.18. The molecule has 0 radical (unpaired) electrons. The number of nitro groups is 1. The fourth-order valence-electron chi connectivity index (χ4n) is 1.98. The van der Waals surface area contributed by atoms with E-state index in [1.54, 1.807) is 30.3 Å². The summed E-state index contributed by atoms with van der Waals surface area (Å²) in [6.07, 6.45) is 1.38. The summed E-state index contributed by atoms with van der Waals surface area (Å²) in [5.41, 5.74) is 0.0890. The molecule has 7 nitrogen and oxygen atoms in total. The quantitative estimate of drug-likeness (QED) is 0.350. The third-order valence-electron chi connectivity index (χ3n) is 3.27. The van der Waals surface area contributed by atoms with E-state index in [4.69, 9.17) is 27.9 Å². The van der Waals surface area contributed by atoms with Crippen LogP contribution in [0.1, 0.15) is 5.56 Å². The van der Waals surface area contributed by atoms with Crippen molar-refractivity contribution in [3.63, 3.8) is 0 Å². The second kappa shape index (κ2) is 8.34. The molecule has 2 aromatic carbocycles. The maximum atomic E-state index is 12.3. The molecule has 0 atom stereocenters. The number of nitrogens with one attached hydrogen (secondary N) is 1. The van der Waals surface area contributed by atoms with Gasteiger partial charge in [-0.1, -0.05) is 35.3 Å². The summed E-state index contributed by atoms with van der Waals surface area (Å²) < 4.78 is 5.04. The minimum atomic E-state index is -0.749. The van der Waals surface area contributed by atoms with Crippen LogP contribution in [0, 0.1) is 21.4 Å². The molecule has 26 heavy (non-hydrogen) atoms. The second-order valence-electron chi connectivity index (χ2n) is 4.94. The van der Waals surface area contributed by atoms with Crippen LogP contribution >= 0.6 is 23.2 Å². The van der Waals surface area contributed by atoms with Crippen molar-refractivity contribution in [1.82, 2.24) is 0 Å². The van der Waals surface area contributed by atoms with Gasteiger partial charge in [-0.2, -0.15) is 5.26 Å². The fourth-order valence-corrected chi connectivity index (χ4v) is 2.55. The van der Waals surface area contributed by atoms with E-state index in [1.807, 2.05) is 0 Å². The molecule has 1 amide bonds. The van der Waals surface area contributed by atoms with Gasteiger partial charge < -0.3 is 10.1 Å². The van der Waals surface area contributed by atoms with Gasteiger partial charge in [-0.05, 0) is 23.8 Å². The van der Waals surface area contributed by atoms with Crippen molar-refractivity contribution in [2.24, 2.45) is 0 Å². The molecule has 0 aromatic heterocycles. The molecule has 0 saturated heterocycles. The van der Waals surface area contributed by atoms with Gasteiger partial charge in [-0.15, -0.1) is 0 Å². The lowest BCUT2D eigenvalue weighted by atomic mass is 10.1. The van der Waals surface area contributed by atoms with Crippen molar-refractivity contribution in [1.29, 1.82) is 5.26 Å². The minimum absolute atomic E-state index is 0.0141. The molecule has 9 heteroatoms. The zero-order valence-corrected chi connectivity index (χ0v) is 14.8. The fraction of sp³-hybridized carbons (Fsp3) is 0.0588. The molecular formula is C17H11Cl2N3O4. The first-order valence-corrected chi connectivity index (χ1v) is 7.82. The van der Waals surface area contributed by atoms with Crippen LogP contribution in [0.15, 0.2) is 42.0 Å². The van der Waals surface area contributed by atoms with Crippen molar-refractivity contribution in [2.45, 2.75) is 0 Å². The van der Waals surface area contributed by atoms with E-state index in [9.17, 15) is 20.2 Å². The molecule has 0 fully saturated rings. The number of nitro benzene ring substituents is 1. The monoisotopic (exact) mass is 391 g/mol. The van der Waals surface area contributed by atoms with Crippen molar-refractivity contribution in [3.8, 4) is 11.8 Å². The number of carbonyl (C=O) groups is 1. The number of anilines is 1. The smallest absolute Gasteiger partial charge is 0.272 e. The van der Waals surface area contributed by atoms with Gasteiger partial charge in [-0.3, -0.25) is 14.9 Å². The van der Waals surface area contributed by atoms with E-state index in [1.165, 1.54) is 13.2 Å². The van der Waals surface area contributed by atoms with Crippen molar-refractivity contribution in [2.75, 3.05) is 12.4 Å². The zero-order chi connectivity index (χ0) is 19.3. The normalized spacial score (nSPS) is 10.8. The molecule has 0 aliphatic rings. The predicted molar refractivity (Wildman–Crippen MR) is 98.3 cm³/mol. The van der Waals surface area contributed by atoms with Gasteiger partial charge in [-0.25, -0.2) is 0 Å². The Bertz CT molecular complexity index is 911. The Kier molecular flexibility index (Phi) is 6.17. The molecule has 0 aliphatic heterocycles. The average molecular weight is 392 g/mol. The summed E-state index contributed by atoms with van der Waals surface area (Å²) in [4.78, 5) is 22.4. The molecule has 2 aromatic rings. The van der Waals surface area contributed by atoms with Crippen molar-refractivity contribution >= 4 is 46.6 Å². The number of carbonyl (C=O) groups excluding carboxylic acids is 1. The molecule has 2 rings (SSSR count). The highest BCUT2D eigenvalue weighted by molar-refractivity contribution is 6.40. The Morgan fingerprint density at radius 1 is 1.27 bits per heavy atom. The van der Waals surface area contributed by atoms with E-state index < -0.39 is 10.8 Å². The molecular weight excluding hydrogens is 381 g/mol. The van der Waals surface area contributed by atoms with E-state index >= 15 is 0 Å². The van der Waals surface area contributed by atoms with Crippen LogP contribution in [0.5, 0.6) is 5.75 Å². The first kappa shape index (κ1) is 19.2. The number of methoxy groups -OCH3 is 1. The maximum absolute atomic E-state index is 12.3. The minimum Gasteiger partial charge on any atom is -0.497 e. The van der Waals surface area contributed by atoms with Crippen LogP contribution in [-0.2, 0) is 4.79 Å². The van der Waals surface area contributed by atoms with E-state index in [0.29, 0.717) is 11.3 Å². The predicted octanol–water partition coefficient (Wildman–Crippen LogP) is 4.46. The Balaban J connectivity index is 2.28. The third kappa shape index (κ3) is 4.51. The molecule has 132 valence electrons. The number of hydrogen-bond donors (Lipinski definition) is 1. The maximum Gasteiger partial charge on any atom is 0.272 e. The zero-order valence-electron chi connectivity index (χ0n) is 13.3. The lowest BCUT2D eigenvalue weighted by molar-refractivity contribution is -0.384. The summed E-state index contributed by atoms with van der Waals surface area (Å²) in [7, 11) is 1.52. The Hall–Kier alpha value is -3.08. The Morgan fingerprint density at radius 3 is 2.31 bits per heavy atom. The van der Waals surface area contributed by atoms with Crippen LogP contribution in [0.25, 0.3) is 6.08 Å². The van der Waals surface area contributed by atoms with Crippen LogP contribution in [0.2, 0.25) is 10.0 Å². The van der Waals surface area contributed by atoms with Crippen molar-refractivity contribution < 1.29 is 14.5 Å². The van der Waals surface area contributed by atoms with Gasteiger partial charge in [0, 0.05) is 12.1 Å². The van der Waals surface area contributed by atoms with Gasteiger partial charge in [0.25, 0.3) is 11.6 Å². The first-order chi connectivity index (χ1) is 12.3. The number of hydrogen-bond acceptors (Lipinski definition) is 5. The average Bonchev–Trinajstić information content (AvgIpc) is 2.62. The first-order valence-electron chi connectivity index (χ1n) is 7.06. The molecule has 0 saturated carbocycles. The van der Waals surface area contributed by atoms with Crippen molar-refractivity contribution in [3.05, 3.63) is 67.7 Å². The largest absolute Gasteiger partial charge is 0.497 e. The van der Waals surface area contributed by atoms with E-state index in [0.717, 1.165) is 12.1 Å². The number of nitrogens with zero attached hydrogens (tertiary/aromatic N) is 2. The van der Waals surface area contributed by atoms with Gasteiger partial charge >= 0.3 is 0 Å². The molecule has 0 bridgehead atoms. The van der Waals surface area contributed by atoms with Crippen LogP contribution < -0.4 is 10.1 Å². The molecule has 0 unspecified atom stereocenters. The van der Waals surface area contributed by atoms with Gasteiger partial charge in [0.05, 0.1) is 27.8 Å². The van der Waals surface area contributed by atoms with E-state index in [2.05, 4.69) is 5.32 Å².